The first-order valence-electron chi connectivity index (χ1n) is 5.90. The van der Waals surface area contributed by atoms with E-state index in [-0.39, 0.29) is 5.56 Å². The van der Waals surface area contributed by atoms with E-state index in [2.05, 4.69) is 26.0 Å². The molecule has 3 nitrogen and oxygen atoms in total. The molecule has 0 aliphatic rings. The van der Waals surface area contributed by atoms with Crippen LogP contribution in [0.5, 0.6) is 0 Å². The molecular formula is C14H13BrFNO2S. The fraction of sp³-hybridized carbons (Fsp3) is 0.214. The quantitative estimate of drug-likeness (QED) is 0.828. The van der Waals surface area contributed by atoms with E-state index in [4.69, 9.17) is 0 Å². The van der Waals surface area contributed by atoms with Crippen molar-refractivity contribution in [3.63, 3.8) is 0 Å². The molecule has 0 saturated carbocycles. The number of hydrogen-bond acceptors (Lipinski definition) is 4. The highest BCUT2D eigenvalue weighted by Crippen LogP contribution is 2.19. The molecule has 106 valence electrons. The molecule has 0 aliphatic heterocycles. The van der Waals surface area contributed by atoms with Gasteiger partial charge in [0.05, 0.1) is 12.7 Å². The molecule has 1 aromatic carbocycles. The molecule has 0 aliphatic carbocycles. The van der Waals surface area contributed by atoms with Crippen LogP contribution in [0.1, 0.15) is 20.8 Å². The van der Waals surface area contributed by atoms with Gasteiger partial charge in [-0.15, -0.1) is 11.3 Å². The van der Waals surface area contributed by atoms with E-state index in [1.807, 2.05) is 11.4 Å². The zero-order chi connectivity index (χ0) is 14.5. The molecule has 0 fully saturated rings. The second-order valence-corrected chi connectivity index (χ2v) is 6.05. The Hall–Kier alpha value is -1.24. The number of thiophene rings is 1. The Kier molecular flexibility index (Phi) is 5.28. The van der Waals surface area contributed by atoms with E-state index in [0.717, 1.165) is 16.6 Å². The average molecular weight is 358 g/mol. The minimum Gasteiger partial charge on any atom is -0.465 e. The SMILES string of the molecule is COC(=O)c1ccc(CNCc2cc(Br)cs2)cc1F. The number of nitrogens with one attached hydrogen (secondary N) is 1. The maximum absolute atomic E-state index is 13.7. The van der Waals surface area contributed by atoms with Gasteiger partial charge < -0.3 is 10.1 Å². The smallest absolute Gasteiger partial charge is 0.340 e. The topological polar surface area (TPSA) is 38.3 Å². The van der Waals surface area contributed by atoms with Crippen LogP contribution in [0.2, 0.25) is 0 Å². The maximum Gasteiger partial charge on any atom is 0.340 e. The lowest BCUT2D eigenvalue weighted by atomic mass is 10.1. The van der Waals surface area contributed by atoms with Crippen molar-refractivity contribution >= 4 is 33.2 Å². The van der Waals surface area contributed by atoms with Gasteiger partial charge >= 0.3 is 5.97 Å². The van der Waals surface area contributed by atoms with Crippen LogP contribution in [0.3, 0.4) is 0 Å². The number of ether oxygens (including phenoxy) is 1. The fourth-order valence-corrected chi connectivity index (χ4v) is 3.14. The Balaban J connectivity index is 1.93. The summed E-state index contributed by atoms with van der Waals surface area (Å²) in [6.07, 6.45) is 0. The minimum atomic E-state index is -0.662. The summed E-state index contributed by atoms with van der Waals surface area (Å²) in [5, 5.41) is 5.24. The first-order valence-corrected chi connectivity index (χ1v) is 7.58. The Morgan fingerprint density at radius 2 is 2.20 bits per heavy atom. The molecule has 20 heavy (non-hydrogen) atoms. The van der Waals surface area contributed by atoms with Gasteiger partial charge in [0.15, 0.2) is 0 Å². The molecule has 1 heterocycles. The minimum absolute atomic E-state index is 0.0431. The second-order valence-electron chi connectivity index (χ2n) is 4.14. The largest absolute Gasteiger partial charge is 0.465 e. The number of benzene rings is 1. The van der Waals surface area contributed by atoms with Gasteiger partial charge in [-0.1, -0.05) is 6.07 Å². The number of carbonyl (C=O) groups is 1. The predicted molar refractivity (Wildman–Crippen MR) is 80.3 cm³/mol. The van der Waals surface area contributed by atoms with Crippen molar-refractivity contribution in [1.29, 1.82) is 0 Å². The van der Waals surface area contributed by atoms with Gasteiger partial charge in [0, 0.05) is 27.8 Å². The molecule has 0 radical (unpaired) electrons. The molecule has 6 heteroatoms. The molecule has 0 atom stereocenters. The zero-order valence-electron chi connectivity index (χ0n) is 10.8. The standard InChI is InChI=1S/C14H13BrFNO2S/c1-19-14(18)12-3-2-9(4-13(12)16)6-17-7-11-5-10(15)8-20-11/h2-5,8,17H,6-7H2,1H3. The zero-order valence-corrected chi connectivity index (χ0v) is 13.2. The van der Waals surface area contributed by atoms with Gasteiger partial charge in [-0.25, -0.2) is 9.18 Å². The van der Waals surface area contributed by atoms with Crippen LogP contribution in [-0.2, 0) is 17.8 Å². The maximum atomic E-state index is 13.7. The first kappa shape index (κ1) is 15.2. The third-order valence-corrected chi connectivity index (χ3v) is 4.39. The van der Waals surface area contributed by atoms with Gasteiger partial charge in [-0.2, -0.15) is 0 Å². The van der Waals surface area contributed by atoms with Crippen LogP contribution in [0.15, 0.2) is 34.1 Å². The van der Waals surface area contributed by atoms with Crippen molar-refractivity contribution in [3.8, 4) is 0 Å². The van der Waals surface area contributed by atoms with Crippen molar-refractivity contribution in [1.82, 2.24) is 5.32 Å². The van der Waals surface area contributed by atoms with Crippen LogP contribution >= 0.6 is 27.3 Å². The predicted octanol–water partition coefficient (Wildman–Crippen LogP) is 3.73. The van der Waals surface area contributed by atoms with E-state index in [0.29, 0.717) is 6.54 Å². The summed E-state index contributed by atoms with van der Waals surface area (Å²) in [7, 11) is 1.23. The molecular weight excluding hydrogens is 345 g/mol. The normalized spacial score (nSPS) is 10.6. The molecule has 1 aromatic heterocycles. The molecule has 0 unspecified atom stereocenters. The van der Waals surface area contributed by atoms with E-state index in [1.54, 1.807) is 17.4 Å². The summed E-state index contributed by atoms with van der Waals surface area (Å²) in [6, 6.07) is 6.55. The highest BCUT2D eigenvalue weighted by molar-refractivity contribution is 9.10. The summed E-state index contributed by atoms with van der Waals surface area (Å²) in [5.74, 6) is -1.22. The lowest BCUT2D eigenvalue weighted by molar-refractivity contribution is 0.0595. The van der Waals surface area contributed by atoms with Gasteiger partial charge in [-0.05, 0) is 39.7 Å². The highest BCUT2D eigenvalue weighted by Gasteiger charge is 2.12. The van der Waals surface area contributed by atoms with Crippen molar-refractivity contribution in [2.45, 2.75) is 13.1 Å². The Bertz CT molecular complexity index is 615. The lowest BCUT2D eigenvalue weighted by Gasteiger charge is -2.06. The van der Waals surface area contributed by atoms with Crippen molar-refractivity contribution in [3.05, 3.63) is 55.9 Å². The van der Waals surface area contributed by atoms with Gasteiger partial charge in [0.2, 0.25) is 0 Å². The van der Waals surface area contributed by atoms with Crippen LogP contribution in [0.4, 0.5) is 4.39 Å². The Morgan fingerprint density at radius 1 is 1.40 bits per heavy atom. The van der Waals surface area contributed by atoms with Gasteiger partial charge in [0.25, 0.3) is 0 Å². The number of hydrogen-bond donors (Lipinski definition) is 1. The highest BCUT2D eigenvalue weighted by atomic mass is 79.9. The summed E-state index contributed by atoms with van der Waals surface area (Å²) >= 11 is 5.05. The van der Waals surface area contributed by atoms with Crippen molar-refractivity contribution in [2.24, 2.45) is 0 Å². The van der Waals surface area contributed by atoms with Crippen LogP contribution in [0.25, 0.3) is 0 Å². The van der Waals surface area contributed by atoms with Gasteiger partial charge in [0.1, 0.15) is 5.82 Å². The fourth-order valence-electron chi connectivity index (χ4n) is 1.72. The van der Waals surface area contributed by atoms with Crippen LogP contribution in [-0.4, -0.2) is 13.1 Å². The third kappa shape index (κ3) is 3.88. The van der Waals surface area contributed by atoms with E-state index in [9.17, 15) is 9.18 Å². The molecule has 0 bridgehead atoms. The number of esters is 1. The summed E-state index contributed by atoms with van der Waals surface area (Å²) in [4.78, 5) is 12.5. The molecule has 2 rings (SSSR count). The molecule has 1 N–H and O–H groups in total. The molecule has 2 aromatic rings. The number of carbonyl (C=O) groups excluding carboxylic acids is 1. The van der Waals surface area contributed by atoms with E-state index >= 15 is 0 Å². The summed E-state index contributed by atoms with van der Waals surface area (Å²) in [6.45, 7) is 1.25. The Labute approximate surface area is 128 Å². The molecule has 0 saturated heterocycles. The Morgan fingerprint density at radius 3 is 2.80 bits per heavy atom. The first-order chi connectivity index (χ1) is 9.60. The lowest BCUT2D eigenvalue weighted by Crippen LogP contribution is -2.12. The van der Waals surface area contributed by atoms with E-state index in [1.165, 1.54) is 24.1 Å². The van der Waals surface area contributed by atoms with Crippen molar-refractivity contribution in [2.75, 3.05) is 7.11 Å². The number of rotatable bonds is 5. The number of methoxy groups -OCH3 is 1. The summed E-state index contributed by atoms with van der Waals surface area (Å²) in [5.41, 5.74) is 0.740. The van der Waals surface area contributed by atoms with Crippen LogP contribution < -0.4 is 5.32 Å². The van der Waals surface area contributed by atoms with Crippen LogP contribution in [0, 0.1) is 5.82 Å². The third-order valence-electron chi connectivity index (χ3n) is 2.69. The second kappa shape index (κ2) is 6.97. The average Bonchev–Trinajstić information content (AvgIpc) is 2.84. The monoisotopic (exact) mass is 357 g/mol. The van der Waals surface area contributed by atoms with E-state index < -0.39 is 11.8 Å². The summed E-state index contributed by atoms with van der Waals surface area (Å²) < 4.78 is 19.3. The molecule has 0 amide bonds. The van der Waals surface area contributed by atoms with Crippen molar-refractivity contribution < 1.29 is 13.9 Å². The number of halogens is 2. The van der Waals surface area contributed by atoms with Gasteiger partial charge in [-0.3, -0.25) is 0 Å². The molecule has 0 spiro atoms.